The van der Waals surface area contributed by atoms with Crippen LogP contribution in [-0.2, 0) is 0 Å². The second-order valence-corrected chi connectivity index (χ2v) is 5.78. The van der Waals surface area contributed by atoms with E-state index < -0.39 is 5.60 Å². The third-order valence-electron chi connectivity index (χ3n) is 3.95. The van der Waals surface area contributed by atoms with Crippen molar-refractivity contribution < 1.29 is 14.3 Å². The fourth-order valence-electron chi connectivity index (χ4n) is 2.58. The van der Waals surface area contributed by atoms with E-state index >= 15 is 0 Å². The molecule has 3 rings (SSSR count). The lowest BCUT2D eigenvalue weighted by Crippen LogP contribution is -2.44. The molecule has 1 aliphatic rings. The van der Waals surface area contributed by atoms with Crippen LogP contribution in [0.25, 0.3) is 11.3 Å². The number of amides is 1. The van der Waals surface area contributed by atoms with Gasteiger partial charge in [0.25, 0.3) is 5.91 Å². The van der Waals surface area contributed by atoms with Gasteiger partial charge in [0.05, 0.1) is 16.9 Å². The molecule has 1 aromatic heterocycles. The molecule has 0 unspecified atom stereocenters. The smallest absolute Gasteiger partial charge is 0.252 e. The van der Waals surface area contributed by atoms with Gasteiger partial charge >= 0.3 is 0 Å². The monoisotopic (exact) mass is 315 g/mol. The van der Waals surface area contributed by atoms with Crippen LogP contribution in [0.3, 0.4) is 0 Å². The molecule has 3 N–H and O–H groups in total. The van der Waals surface area contributed by atoms with Crippen molar-refractivity contribution in [2.24, 2.45) is 0 Å². The highest BCUT2D eigenvalue weighted by Gasteiger charge is 2.31. The molecule has 1 saturated heterocycles. The summed E-state index contributed by atoms with van der Waals surface area (Å²) in [5.41, 5.74) is 0.771. The molecule has 1 atom stereocenters. The standard InChI is InChI=1S/C17H18FN3O2/c18-14-3-1-2-12(8-14)15-5-4-13(9-20-15)16(22)21-11-17(23)6-7-19-10-17/h1-5,8-9,19,23H,6-7,10-11H2,(H,21,22)/t17-/m0/s1. The molecule has 0 saturated carbocycles. The lowest BCUT2D eigenvalue weighted by Gasteiger charge is -2.21. The van der Waals surface area contributed by atoms with Crippen LogP contribution >= 0.6 is 0 Å². The molecular formula is C17H18FN3O2. The molecule has 1 amide bonds. The van der Waals surface area contributed by atoms with Crippen molar-refractivity contribution in [2.45, 2.75) is 12.0 Å². The maximum atomic E-state index is 13.2. The predicted octanol–water partition coefficient (Wildman–Crippen LogP) is 1.34. The number of benzene rings is 1. The van der Waals surface area contributed by atoms with Crippen molar-refractivity contribution in [3.63, 3.8) is 0 Å². The molecule has 0 aliphatic carbocycles. The number of halogens is 1. The summed E-state index contributed by atoms with van der Waals surface area (Å²) < 4.78 is 13.2. The van der Waals surface area contributed by atoms with Crippen molar-refractivity contribution in [3.8, 4) is 11.3 Å². The third-order valence-corrected chi connectivity index (χ3v) is 3.95. The summed E-state index contributed by atoms with van der Waals surface area (Å²) in [4.78, 5) is 16.3. The quantitative estimate of drug-likeness (QED) is 0.796. The molecule has 2 heterocycles. The van der Waals surface area contributed by atoms with E-state index in [2.05, 4.69) is 15.6 Å². The summed E-state index contributed by atoms with van der Waals surface area (Å²) in [6.45, 7) is 1.42. The van der Waals surface area contributed by atoms with Gasteiger partial charge in [-0.3, -0.25) is 9.78 Å². The zero-order valence-electron chi connectivity index (χ0n) is 12.6. The summed E-state index contributed by atoms with van der Waals surface area (Å²) in [6.07, 6.45) is 2.07. The zero-order valence-corrected chi connectivity index (χ0v) is 12.6. The maximum Gasteiger partial charge on any atom is 0.252 e. The summed E-state index contributed by atoms with van der Waals surface area (Å²) >= 11 is 0. The largest absolute Gasteiger partial charge is 0.387 e. The average molecular weight is 315 g/mol. The van der Waals surface area contributed by atoms with E-state index in [1.807, 2.05) is 0 Å². The van der Waals surface area contributed by atoms with Gasteiger partial charge in [0.1, 0.15) is 5.82 Å². The Morgan fingerprint density at radius 2 is 2.26 bits per heavy atom. The number of rotatable bonds is 4. The van der Waals surface area contributed by atoms with Crippen LogP contribution in [0.4, 0.5) is 4.39 Å². The molecule has 120 valence electrons. The molecule has 1 aliphatic heterocycles. The number of pyridine rings is 1. The van der Waals surface area contributed by atoms with Gasteiger partial charge in [-0.05, 0) is 37.2 Å². The second-order valence-electron chi connectivity index (χ2n) is 5.78. The zero-order chi connectivity index (χ0) is 16.3. The van der Waals surface area contributed by atoms with Crippen molar-refractivity contribution in [1.29, 1.82) is 0 Å². The van der Waals surface area contributed by atoms with Crippen LogP contribution in [0.15, 0.2) is 42.6 Å². The summed E-state index contributed by atoms with van der Waals surface area (Å²) in [5.74, 6) is -0.617. The number of carbonyl (C=O) groups is 1. The predicted molar refractivity (Wildman–Crippen MR) is 84.4 cm³/mol. The molecular weight excluding hydrogens is 297 g/mol. The topological polar surface area (TPSA) is 74.2 Å². The van der Waals surface area contributed by atoms with Gasteiger partial charge in [0.2, 0.25) is 0 Å². The van der Waals surface area contributed by atoms with Crippen molar-refractivity contribution in [1.82, 2.24) is 15.6 Å². The number of hydrogen-bond acceptors (Lipinski definition) is 4. The minimum atomic E-state index is -0.884. The van der Waals surface area contributed by atoms with Gasteiger partial charge in [-0.15, -0.1) is 0 Å². The first-order valence-corrected chi connectivity index (χ1v) is 7.49. The van der Waals surface area contributed by atoms with Crippen molar-refractivity contribution >= 4 is 5.91 Å². The first-order chi connectivity index (χ1) is 11.1. The van der Waals surface area contributed by atoms with Gasteiger partial charge in [-0.2, -0.15) is 0 Å². The highest BCUT2D eigenvalue weighted by molar-refractivity contribution is 5.94. The van der Waals surface area contributed by atoms with Crippen molar-refractivity contribution in [3.05, 3.63) is 54.0 Å². The summed E-state index contributed by atoms with van der Waals surface area (Å²) in [6, 6.07) is 9.45. The Labute approximate surface area is 133 Å². The van der Waals surface area contributed by atoms with E-state index in [0.717, 1.165) is 6.54 Å². The van der Waals surface area contributed by atoms with Gasteiger partial charge in [-0.25, -0.2) is 4.39 Å². The van der Waals surface area contributed by atoms with E-state index in [-0.39, 0.29) is 18.3 Å². The highest BCUT2D eigenvalue weighted by Crippen LogP contribution is 2.18. The van der Waals surface area contributed by atoms with E-state index in [1.165, 1.54) is 18.3 Å². The minimum absolute atomic E-state index is 0.199. The molecule has 5 nitrogen and oxygen atoms in total. The first-order valence-electron chi connectivity index (χ1n) is 7.49. The van der Waals surface area contributed by atoms with Crippen LogP contribution in [0, 0.1) is 5.82 Å². The van der Waals surface area contributed by atoms with Gasteiger partial charge in [0.15, 0.2) is 0 Å². The Bertz CT molecular complexity index is 697. The molecule has 6 heteroatoms. The van der Waals surface area contributed by atoms with Gasteiger partial charge in [0, 0.05) is 24.8 Å². The molecule has 1 fully saturated rings. The minimum Gasteiger partial charge on any atom is -0.387 e. The Balaban J connectivity index is 1.65. The summed E-state index contributed by atoms with van der Waals surface area (Å²) in [7, 11) is 0. The lowest BCUT2D eigenvalue weighted by atomic mass is 10.0. The Kier molecular flexibility index (Phi) is 4.36. The lowest BCUT2D eigenvalue weighted by molar-refractivity contribution is 0.0561. The number of hydrogen-bond donors (Lipinski definition) is 3. The Morgan fingerprint density at radius 1 is 1.39 bits per heavy atom. The summed E-state index contributed by atoms with van der Waals surface area (Å²) in [5, 5.41) is 16.0. The number of carbonyl (C=O) groups excluding carboxylic acids is 1. The number of aromatic nitrogens is 1. The molecule has 0 spiro atoms. The van der Waals surface area contributed by atoms with Crippen LogP contribution in [0.2, 0.25) is 0 Å². The highest BCUT2D eigenvalue weighted by atomic mass is 19.1. The van der Waals surface area contributed by atoms with Gasteiger partial charge < -0.3 is 15.7 Å². The van der Waals surface area contributed by atoms with E-state index in [1.54, 1.807) is 24.3 Å². The number of aliphatic hydroxyl groups is 1. The molecule has 1 aromatic carbocycles. The molecule has 23 heavy (non-hydrogen) atoms. The van der Waals surface area contributed by atoms with Crippen LogP contribution in [0.5, 0.6) is 0 Å². The fourth-order valence-corrected chi connectivity index (χ4v) is 2.58. The van der Waals surface area contributed by atoms with Crippen LogP contribution in [-0.4, -0.2) is 41.2 Å². The van der Waals surface area contributed by atoms with E-state index in [0.29, 0.717) is 29.8 Å². The van der Waals surface area contributed by atoms with Gasteiger partial charge in [-0.1, -0.05) is 12.1 Å². The molecule has 0 bridgehead atoms. The number of β-amino-alcohol motifs (C(OH)–C–C–N with tert-alkyl or cyclic N) is 1. The normalized spacial score (nSPS) is 20.4. The molecule has 2 aromatic rings. The second kappa shape index (κ2) is 6.44. The average Bonchev–Trinajstić information content (AvgIpc) is 3.00. The Morgan fingerprint density at radius 3 is 2.91 bits per heavy atom. The third kappa shape index (κ3) is 3.72. The van der Waals surface area contributed by atoms with E-state index in [9.17, 15) is 14.3 Å². The van der Waals surface area contributed by atoms with Crippen LogP contribution in [0.1, 0.15) is 16.8 Å². The fraction of sp³-hybridized carbons (Fsp3) is 0.294. The first kappa shape index (κ1) is 15.6. The molecule has 0 radical (unpaired) electrons. The number of nitrogens with zero attached hydrogens (tertiary/aromatic N) is 1. The maximum absolute atomic E-state index is 13.2. The van der Waals surface area contributed by atoms with E-state index in [4.69, 9.17) is 0 Å². The SMILES string of the molecule is O=C(NC[C@]1(O)CCNC1)c1ccc(-c2cccc(F)c2)nc1. The van der Waals surface area contributed by atoms with Crippen molar-refractivity contribution in [2.75, 3.05) is 19.6 Å². The van der Waals surface area contributed by atoms with Crippen LogP contribution < -0.4 is 10.6 Å². The Hall–Kier alpha value is -2.31. The number of nitrogens with one attached hydrogen (secondary N) is 2.